The lowest BCUT2D eigenvalue weighted by Gasteiger charge is -2.58. The molecule has 0 radical (unpaired) electrons. The third-order valence-electron chi connectivity index (χ3n) is 6.92. The maximum atomic E-state index is 12.1. The first-order valence-electron chi connectivity index (χ1n) is 9.74. The SMILES string of the molecule is NC(=O)c1cnc(N2CCSCC2)nc1C1C2CC3CC1CC(O)(C3)C2. The number of rotatable bonds is 3. The Morgan fingerprint density at radius 3 is 2.54 bits per heavy atom. The Hall–Kier alpha value is -1.34. The average Bonchev–Trinajstić information content (AvgIpc) is 2.60. The monoisotopic (exact) mass is 374 g/mol. The fourth-order valence-electron chi connectivity index (χ4n) is 6.17. The number of anilines is 1. The number of nitrogens with two attached hydrogens (primary N) is 1. The molecule has 7 heteroatoms. The van der Waals surface area contributed by atoms with Crippen LogP contribution < -0.4 is 10.6 Å². The van der Waals surface area contributed by atoms with Crippen LogP contribution in [0, 0.1) is 17.8 Å². The molecule has 2 unspecified atom stereocenters. The van der Waals surface area contributed by atoms with Gasteiger partial charge >= 0.3 is 0 Å². The minimum absolute atomic E-state index is 0.232. The Labute approximate surface area is 158 Å². The molecule has 3 N–H and O–H groups in total. The number of nitrogens with zero attached hydrogens (tertiary/aromatic N) is 3. The molecule has 1 amide bonds. The van der Waals surface area contributed by atoms with Crippen molar-refractivity contribution in [2.45, 2.75) is 43.6 Å². The fourth-order valence-corrected chi connectivity index (χ4v) is 7.08. The first-order valence-corrected chi connectivity index (χ1v) is 10.9. The Morgan fingerprint density at radius 2 is 1.92 bits per heavy atom. The summed E-state index contributed by atoms with van der Waals surface area (Å²) in [5, 5.41) is 10.9. The van der Waals surface area contributed by atoms with Gasteiger partial charge in [-0.3, -0.25) is 4.79 Å². The number of hydrogen-bond donors (Lipinski definition) is 2. The van der Waals surface area contributed by atoms with Gasteiger partial charge in [-0.25, -0.2) is 9.97 Å². The maximum Gasteiger partial charge on any atom is 0.252 e. The number of aromatic nitrogens is 2. The van der Waals surface area contributed by atoms with Gasteiger partial charge in [-0.05, 0) is 49.9 Å². The number of aliphatic hydroxyl groups is 1. The summed E-state index contributed by atoms with van der Waals surface area (Å²) in [7, 11) is 0. The predicted molar refractivity (Wildman–Crippen MR) is 101 cm³/mol. The number of primary amides is 1. The highest BCUT2D eigenvalue weighted by Gasteiger charge is 2.55. The molecule has 0 aromatic carbocycles. The van der Waals surface area contributed by atoms with E-state index in [1.807, 2.05) is 11.8 Å². The van der Waals surface area contributed by atoms with Crippen molar-refractivity contribution < 1.29 is 9.90 Å². The number of thioether (sulfide) groups is 1. The van der Waals surface area contributed by atoms with Crippen molar-refractivity contribution in [1.29, 1.82) is 0 Å². The van der Waals surface area contributed by atoms with Crippen LogP contribution in [0.2, 0.25) is 0 Å². The molecule has 4 aliphatic carbocycles. The van der Waals surface area contributed by atoms with Gasteiger partial charge in [0.05, 0.1) is 16.9 Å². The minimum atomic E-state index is -0.486. The van der Waals surface area contributed by atoms with Crippen LogP contribution in [0.5, 0.6) is 0 Å². The normalized spacial score (nSPS) is 38.6. The molecule has 4 saturated carbocycles. The Morgan fingerprint density at radius 1 is 1.23 bits per heavy atom. The average molecular weight is 375 g/mol. The lowest BCUT2D eigenvalue weighted by Crippen LogP contribution is -2.54. The van der Waals surface area contributed by atoms with Crippen molar-refractivity contribution in [3.8, 4) is 0 Å². The van der Waals surface area contributed by atoms with E-state index in [2.05, 4.69) is 9.88 Å². The highest BCUT2D eigenvalue weighted by Crippen LogP contribution is 2.61. The van der Waals surface area contributed by atoms with E-state index in [-0.39, 0.29) is 5.92 Å². The van der Waals surface area contributed by atoms with Crippen molar-refractivity contribution in [2.24, 2.45) is 23.5 Å². The van der Waals surface area contributed by atoms with Gasteiger partial charge in [0.15, 0.2) is 0 Å². The number of carbonyl (C=O) groups is 1. The molecule has 4 bridgehead atoms. The first-order chi connectivity index (χ1) is 12.5. The number of hydrogen-bond acceptors (Lipinski definition) is 6. The third-order valence-corrected chi connectivity index (χ3v) is 7.86. The molecule has 2 atom stereocenters. The lowest BCUT2D eigenvalue weighted by atomic mass is 9.49. The largest absolute Gasteiger partial charge is 0.390 e. The molecule has 2 heterocycles. The zero-order chi connectivity index (χ0) is 17.9. The predicted octanol–water partition coefficient (Wildman–Crippen LogP) is 1.78. The molecule has 140 valence electrons. The number of carbonyl (C=O) groups excluding carboxylic acids is 1. The van der Waals surface area contributed by atoms with E-state index < -0.39 is 11.5 Å². The molecule has 1 saturated heterocycles. The Balaban J connectivity index is 1.53. The van der Waals surface area contributed by atoms with Gasteiger partial charge in [0.25, 0.3) is 5.91 Å². The second-order valence-electron chi connectivity index (χ2n) is 8.65. The van der Waals surface area contributed by atoms with Crippen LogP contribution in [0.25, 0.3) is 0 Å². The Bertz CT molecular complexity index is 720. The van der Waals surface area contributed by atoms with Crippen LogP contribution >= 0.6 is 11.8 Å². The van der Waals surface area contributed by atoms with E-state index in [1.54, 1.807) is 6.20 Å². The van der Waals surface area contributed by atoms with E-state index in [0.29, 0.717) is 23.3 Å². The molecule has 6 rings (SSSR count). The maximum absolute atomic E-state index is 12.1. The van der Waals surface area contributed by atoms with E-state index >= 15 is 0 Å². The van der Waals surface area contributed by atoms with E-state index in [0.717, 1.165) is 68.3 Å². The standard InChI is InChI=1S/C19H26N4O2S/c20-17(24)14-10-21-18(23-1-3-26-4-2-23)22-16(14)15-12-5-11-6-13(15)9-19(25,7-11)8-12/h10-13,15,25H,1-9H2,(H2,20,24). The molecular weight excluding hydrogens is 348 g/mol. The van der Waals surface area contributed by atoms with Gasteiger partial charge in [0, 0.05) is 36.7 Å². The van der Waals surface area contributed by atoms with Crippen molar-refractivity contribution in [3.63, 3.8) is 0 Å². The van der Waals surface area contributed by atoms with E-state index in [1.165, 1.54) is 0 Å². The van der Waals surface area contributed by atoms with Gasteiger partial charge in [0.2, 0.25) is 5.95 Å². The molecule has 1 aromatic rings. The van der Waals surface area contributed by atoms with Gasteiger partial charge in [-0.2, -0.15) is 11.8 Å². The summed E-state index contributed by atoms with van der Waals surface area (Å²) in [4.78, 5) is 23.7. The quantitative estimate of drug-likeness (QED) is 0.838. The first kappa shape index (κ1) is 16.8. The highest BCUT2D eigenvalue weighted by atomic mass is 32.2. The zero-order valence-corrected chi connectivity index (χ0v) is 15.7. The van der Waals surface area contributed by atoms with Gasteiger partial charge < -0.3 is 15.7 Å². The van der Waals surface area contributed by atoms with Crippen molar-refractivity contribution in [1.82, 2.24) is 9.97 Å². The summed E-state index contributed by atoms with van der Waals surface area (Å²) >= 11 is 1.95. The Kier molecular flexibility index (Phi) is 3.94. The van der Waals surface area contributed by atoms with Crippen LogP contribution in [0.1, 0.15) is 54.1 Å². The topological polar surface area (TPSA) is 92.3 Å². The van der Waals surface area contributed by atoms with Gasteiger partial charge in [-0.15, -0.1) is 0 Å². The lowest BCUT2D eigenvalue weighted by molar-refractivity contribution is -0.135. The van der Waals surface area contributed by atoms with Gasteiger partial charge in [0.1, 0.15) is 0 Å². The van der Waals surface area contributed by atoms with Crippen LogP contribution in [0.15, 0.2) is 6.20 Å². The minimum Gasteiger partial charge on any atom is -0.390 e. The van der Waals surface area contributed by atoms with Crippen molar-refractivity contribution in [3.05, 3.63) is 17.5 Å². The van der Waals surface area contributed by atoms with Crippen molar-refractivity contribution in [2.75, 3.05) is 29.5 Å². The summed E-state index contributed by atoms with van der Waals surface area (Å²) in [5.41, 5.74) is 6.51. The third kappa shape index (κ3) is 2.71. The van der Waals surface area contributed by atoms with Crippen LogP contribution in [-0.4, -0.2) is 51.2 Å². The highest BCUT2D eigenvalue weighted by molar-refractivity contribution is 7.99. The second kappa shape index (κ2) is 6.09. The van der Waals surface area contributed by atoms with E-state index in [4.69, 9.17) is 10.7 Å². The molecular formula is C19H26N4O2S. The van der Waals surface area contributed by atoms with Crippen molar-refractivity contribution >= 4 is 23.6 Å². The van der Waals surface area contributed by atoms with Gasteiger partial charge in [-0.1, -0.05) is 0 Å². The van der Waals surface area contributed by atoms with Crippen LogP contribution in [0.4, 0.5) is 5.95 Å². The molecule has 5 fully saturated rings. The summed E-state index contributed by atoms with van der Waals surface area (Å²) in [6.07, 6.45) is 6.55. The molecule has 5 aliphatic rings. The summed E-state index contributed by atoms with van der Waals surface area (Å²) in [6, 6.07) is 0. The molecule has 1 aromatic heterocycles. The van der Waals surface area contributed by atoms with E-state index in [9.17, 15) is 9.90 Å². The van der Waals surface area contributed by atoms with Crippen LogP contribution in [-0.2, 0) is 0 Å². The summed E-state index contributed by atoms with van der Waals surface area (Å²) < 4.78 is 0. The molecule has 6 nitrogen and oxygen atoms in total. The smallest absolute Gasteiger partial charge is 0.252 e. The summed E-state index contributed by atoms with van der Waals surface area (Å²) in [5.74, 6) is 4.14. The molecule has 26 heavy (non-hydrogen) atoms. The molecule has 1 aliphatic heterocycles. The molecule has 0 spiro atoms. The van der Waals surface area contributed by atoms with Crippen LogP contribution in [0.3, 0.4) is 0 Å². The zero-order valence-electron chi connectivity index (χ0n) is 14.9. The number of amides is 1. The summed E-state index contributed by atoms with van der Waals surface area (Å²) in [6.45, 7) is 1.89. The fraction of sp³-hybridized carbons (Fsp3) is 0.737. The second-order valence-corrected chi connectivity index (χ2v) is 9.88.